The predicted octanol–water partition coefficient (Wildman–Crippen LogP) is -0.953. The molecule has 0 unspecified atom stereocenters. The molecular formula is C8H23N5. The van der Waals surface area contributed by atoms with Gasteiger partial charge in [-0.25, -0.2) is 0 Å². The van der Waals surface area contributed by atoms with Gasteiger partial charge in [0.05, 0.1) is 0 Å². The second kappa shape index (κ2) is 11.2. The third kappa shape index (κ3) is 11.2. The SMILES string of the molecule is CN=C(NC)N(C)C.NCCCN. The van der Waals surface area contributed by atoms with Crippen molar-refractivity contribution in [3.8, 4) is 0 Å². The molecular weight excluding hydrogens is 166 g/mol. The summed E-state index contributed by atoms with van der Waals surface area (Å²) >= 11 is 0. The van der Waals surface area contributed by atoms with E-state index in [2.05, 4.69) is 10.3 Å². The van der Waals surface area contributed by atoms with Gasteiger partial charge in [0, 0.05) is 28.2 Å². The quantitative estimate of drug-likeness (QED) is 0.386. The smallest absolute Gasteiger partial charge is 0.192 e. The Kier molecular flexibility index (Phi) is 12.7. The van der Waals surface area contributed by atoms with E-state index in [4.69, 9.17) is 11.5 Å². The van der Waals surface area contributed by atoms with Gasteiger partial charge in [0.15, 0.2) is 5.96 Å². The van der Waals surface area contributed by atoms with Crippen molar-refractivity contribution in [1.82, 2.24) is 10.2 Å². The molecule has 0 saturated heterocycles. The van der Waals surface area contributed by atoms with Crippen LogP contribution in [0.15, 0.2) is 4.99 Å². The first kappa shape index (κ1) is 14.7. The third-order valence-electron chi connectivity index (χ3n) is 1.27. The minimum absolute atomic E-state index is 0.719. The highest BCUT2D eigenvalue weighted by molar-refractivity contribution is 5.78. The highest BCUT2D eigenvalue weighted by Crippen LogP contribution is 1.73. The summed E-state index contributed by atoms with van der Waals surface area (Å²) in [6.07, 6.45) is 0.944. The average molecular weight is 189 g/mol. The minimum Gasteiger partial charge on any atom is -0.359 e. The first-order chi connectivity index (χ1) is 6.13. The zero-order valence-corrected chi connectivity index (χ0v) is 9.17. The van der Waals surface area contributed by atoms with Crippen LogP contribution in [-0.4, -0.2) is 52.1 Å². The van der Waals surface area contributed by atoms with Crippen LogP contribution in [0, 0.1) is 0 Å². The standard InChI is InChI=1S/C5H13N3.C3H10N2/c1-6-5(7-2)8(3)4;4-2-1-3-5/h1-4H3,(H,6,7);1-5H2. The van der Waals surface area contributed by atoms with E-state index in [9.17, 15) is 0 Å². The van der Waals surface area contributed by atoms with E-state index in [0.29, 0.717) is 0 Å². The van der Waals surface area contributed by atoms with Gasteiger partial charge in [-0.3, -0.25) is 4.99 Å². The molecule has 0 aromatic rings. The van der Waals surface area contributed by atoms with Crippen LogP contribution < -0.4 is 16.8 Å². The Hall–Kier alpha value is -0.810. The van der Waals surface area contributed by atoms with Crippen molar-refractivity contribution in [3.05, 3.63) is 0 Å². The lowest BCUT2D eigenvalue weighted by atomic mass is 10.4. The monoisotopic (exact) mass is 189 g/mol. The summed E-state index contributed by atoms with van der Waals surface area (Å²) in [4.78, 5) is 5.85. The molecule has 0 amide bonds. The molecule has 0 rings (SSSR count). The van der Waals surface area contributed by atoms with Crippen LogP contribution in [0.5, 0.6) is 0 Å². The summed E-state index contributed by atoms with van der Waals surface area (Å²) in [5, 5.41) is 2.93. The molecule has 13 heavy (non-hydrogen) atoms. The maximum absolute atomic E-state index is 5.06. The van der Waals surface area contributed by atoms with Crippen LogP contribution in [0.25, 0.3) is 0 Å². The molecule has 0 aromatic carbocycles. The Morgan fingerprint density at radius 3 is 1.77 bits per heavy atom. The molecule has 0 aliphatic heterocycles. The fourth-order valence-electron chi connectivity index (χ4n) is 0.653. The van der Waals surface area contributed by atoms with Gasteiger partial charge in [0.2, 0.25) is 0 Å². The van der Waals surface area contributed by atoms with E-state index in [1.54, 1.807) is 7.05 Å². The van der Waals surface area contributed by atoms with Crippen molar-refractivity contribution in [2.24, 2.45) is 16.5 Å². The lowest BCUT2D eigenvalue weighted by Gasteiger charge is -2.12. The van der Waals surface area contributed by atoms with Gasteiger partial charge in [-0.2, -0.15) is 0 Å². The third-order valence-corrected chi connectivity index (χ3v) is 1.27. The van der Waals surface area contributed by atoms with E-state index in [1.807, 2.05) is 26.0 Å². The van der Waals surface area contributed by atoms with Crippen LogP contribution in [0.1, 0.15) is 6.42 Å². The summed E-state index contributed by atoms with van der Waals surface area (Å²) in [6.45, 7) is 1.44. The Morgan fingerprint density at radius 2 is 1.77 bits per heavy atom. The predicted molar refractivity (Wildman–Crippen MR) is 58.8 cm³/mol. The molecule has 0 heterocycles. The molecule has 5 heteroatoms. The molecule has 0 fully saturated rings. The number of nitrogens with one attached hydrogen (secondary N) is 1. The number of aliphatic imine (C=N–C) groups is 1. The molecule has 0 aromatic heterocycles. The molecule has 80 valence electrons. The first-order valence-electron chi connectivity index (χ1n) is 4.36. The topological polar surface area (TPSA) is 79.7 Å². The van der Waals surface area contributed by atoms with Gasteiger partial charge < -0.3 is 21.7 Å². The lowest BCUT2D eigenvalue weighted by Crippen LogP contribution is -2.33. The molecule has 0 aliphatic carbocycles. The summed E-state index contributed by atoms with van der Waals surface area (Å²) < 4.78 is 0. The normalized spacial score (nSPS) is 10.2. The van der Waals surface area contributed by atoms with Crippen molar-refractivity contribution in [2.75, 3.05) is 41.3 Å². The molecule has 0 bridgehead atoms. The van der Waals surface area contributed by atoms with Crippen molar-refractivity contribution in [2.45, 2.75) is 6.42 Å². The molecule has 0 radical (unpaired) electrons. The summed E-state index contributed by atoms with van der Waals surface area (Å²) in [5.41, 5.74) is 10.1. The van der Waals surface area contributed by atoms with Crippen LogP contribution in [0.3, 0.4) is 0 Å². The Labute approximate surface area is 81.2 Å². The number of hydrogen-bond donors (Lipinski definition) is 3. The van der Waals surface area contributed by atoms with Crippen molar-refractivity contribution in [1.29, 1.82) is 0 Å². The first-order valence-corrected chi connectivity index (χ1v) is 4.36. The van der Waals surface area contributed by atoms with E-state index >= 15 is 0 Å². The maximum atomic E-state index is 5.06. The van der Waals surface area contributed by atoms with Crippen molar-refractivity contribution in [3.63, 3.8) is 0 Å². The maximum Gasteiger partial charge on any atom is 0.192 e. The van der Waals surface area contributed by atoms with Gasteiger partial charge in [0.25, 0.3) is 0 Å². The van der Waals surface area contributed by atoms with Crippen molar-refractivity contribution < 1.29 is 0 Å². The second-order valence-corrected chi connectivity index (χ2v) is 2.62. The summed E-state index contributed by atoms with van der Waals surface area (Å²) in [7, 11) is 7.49. The Bertz CT molecular complexity index is 120. The fourth-order valence-corrected chi connectivity index (χ4v) is 0.653. The van der Waals surface area contributed by atoms with Crippen LogP contribution >= 0.6 is 0 Å². The number of hydrogen-bond acceptors (Lipinski definition) is 3. The van der Waals surface area contributed by atoms with Crippen molar-refractivity contribution >= 4 is 5.96 Å². The highest BCUT2D eigenvalue weighted by atomic mass is 15.2. The van der Waals surface area contributed by atoms with E-state index in [1.165, 1.54) is 0 Å². The van der Waals surface area contributed by atoms with Gasteiger partial charge in [-0.15, -0.1) is 0 Å². The van der Waals surface area contributed by atoms with E-state index in [-0.39, 0.29) is 0 Å². The number of nitrogens with zero attached hydrogens (tertiary/aromatic N) is 2. The number of guanidine groups is 1. The second-order valence-electron chi connectivity index (χ2n) is 2.62. The number of rotatable bonds is 2. The van der Waals surface area contributed by atoms with Crippen LogP contribution in [0.2, 0.25) is 0 Å². The largest absolute Gasteiger partial charge is 0.359 e. The zero-order chi connectivity index (χ0) is 10.7. The van der Waals surface area contributed by atoms with Gasteiger partial charge in [0.1, 0.15) is 0 Å². The zero-order valence-electron chi connectivity index (χ0n) is 9.17. The summed E-state index contributed by atoms with van der Waals surface area (Å²) in [5.74, 6) is 0.894. The minimum atomic E-state index is 0.719. The van der Waals surface area contributed by atoms with Gasteiger partial charge in [-0.1, -0.05) is 0 Å². The Balaban J connectivity index is 0. The summed E-state index contributed by atoms with van der Waals surface area (Å²) in [6, 6.07) is 0. The molecule has 5 nitrogen and oxygen atoms in total. The molecule has 0 saturated carbocycles. The molecule has 0 spiro atoms. The number of nitrogens with two attached hydrogens (primary N) is 2. The fraction of sp³-hybridized carbons (Fsp3) is 0.875. The lowest BCUT2D eigenvalue weighted by molar-refractivity contribution is 0.596. The highest BCUT2D eigenvalue weighted by Gasteiger charge is 1.91. The van der Waals surface area contributed by atoms with Gasteiger partial charge >= 0.3 is 0 Å². The van der Waals surface area contributed by atoms with Gasteiger partial charge in [-0.05, 0) is 19.5 Å². The van der Waals surface area contributed by atoms with Crippen LogP contribution in [-0.2, 0) is 0 Å². The van der Waals surface area contributed by atoms with Crippen LogP contribution in [0.4, 0.5) is 0 Å². The molecule has 0 atom stereocenters. The Morgan fingerprint density at radius 1 is 1.31 bits per heavy atom. The molecule has 5 N–H and O–H groups in total. The molecule has 0 aliphatic rings. The average Bonchev–Trinajstić information content (AvgIpc) is 2.08. The van der Waals surface area contributed by atoms with E-state index in [0.717, 1.165) is 25.5 Å². The van der Waals surface area contributed by atoms with E-state index < -0.39 is 0 Å².